The van der Waals surface area contributed by atoms with Gasteiger partial charge in [-0.2, -0.15) is 0 Å². The highest BCUT2D eigenvalue weighted by Crippen LogP contribution is 2.55. The summed E-state index contributed by atoms with van der Waals surface area (Å²) in [6, 6.07) is 0. The predicted octanol–water partition coefficient (Wildman–Crippen LogP) is 5.37. The van der Waals surface area contributed by atoms with Crippen molar-refractivity contribution >= 4 is 28.4 Å². The lowest BCUT2D eigenvalue weighted by molar-refractivity contribution is -0.0242. The molecule has 0 aromatic carbocycles. The van der Waals surface area contributed by atoms with Crippen molar-refractivity contribution in [2.45, 2.75) is 52.1 Å². The Bertz CT molecular complexity index is 482. The molecular formula is C18H26OS2. The van der Waals surface area contributed by atoms with Crippen molar-refractivity contribution in [2.75, 3.05) is 6.26 Å². The number of rotatable bonds is 1. The molecule has 0 spiro atoms. The van der Waals surface area contributed by atoms with Gasteiger partial charge in [-0.05, 0) is 57.0 Å². The maximum absolute atomic E-state index is 6.38. The third kappa shape index (κ3) is 2.72. The van der Waals surface area contributed by atoms with Crippen LogP contribution in [0.15, 0.2) is 23.8 Å². The molecule has 1 nitrogen and oxygen atoms in total. The van der Waals surface area contributed by atoms with Gasteiger partial charge < -0.3 is 4.74 Å². The maximum Gasteiger partial charge on any atom is 0.219 e. The molecule has 0 aromatic heterocycles. The van der Waals surface area contributed by atoms with E-state index in [1.165, 1.54) is 31.3 Å². The number of fused-ring (bicyclic) bond motifs is 2. The van der Waals surface area contributed by atoms with E-state index < -0.39 is 0 Å². The van der Waals surface area contributed by atoms with Gasteiger partial charge in [-0.3, -0.25) is 0 Å². The van der Waals surface area contributed by atoms with E-state index in [1.54, 1.807) is 11.8 Å². The molecule has 1 saturated carbocycles. The average molecular weight is 323 g/mol. The number of thioether (sulfide) groups is 1. The number of hydrogen-bond donors (Lipinski definition) is 0. The molecule has 3 rings (SSSR count). The Hall–Kier alpha value is -0.280. The van der Waals surface area contributed by atoms with E-state index in [1.807, 2.05) is 6.26 Å². The Morgan fingerprint density at radius 1 is 1.43 bits per heavy atom. The van der Waals surface area contributed by atoms with Crippen LogP contribution in [-0.2, 0) is 4.74 Å². The monoisotopic (exact) mass is 322 g/mol. The molecular weight excluding hydrogens is 296 g/mol. The summed E-state index contributed by atoms with van der Waals surface area (Å²) in [7, 11) is 0. The first-order chi connectivity index (χ1) is 10.1. The van der Waals surface area contributed by atoms with Gasteiger partial charge in [0.15, 0.2) is 0 Å². The summed E-state index contributed by atoms with van der Waals surface area (Å²) in [6.45, 7) is 4.76. The maximum atomic E-state index is 6.38. The topological polar surface area (TPSA) is 9.23 Å². The summed E-state index contributed by atoms with van der Waals surface area (Å²) in [5.74, 6) is 1.87. The molecule has 0 radical (unpaired) electrons. The summed E-state index contributed by atoms with van der Waals surface area (Å²) >= 11 is 6.99. The molecule has 0 N–H and O–H groups in total. The minimum absolute atomic E-state index is 0.272. The summed E-state index contributed by atoms with van der Waals surface area (Å²) in [5, 5.41) is 0. The SMILES string of the molecule is CSC(=S)O[C@@H]1[C@@H]2CC=C[C@@H]2/C(C)=C\C[C@@H]2CCC[C@@]21C. The molecule has 0 saturated heterocycles. The largest absolute Gasteiger partial charge is 0.474 e. The summed E-state index contributed by atoms with van der Waals surface area (Å²) in [6.07, 6.45) is 15.9. The molecule has 1 fully saturated rings. The first kappa shape index (κ1) is 15.6. The van der Waals surface area contributed by atoms with Crippen molar-refractivity contribution in [2.24, 2.45) is 23.2 Å². The average Bonchev–Trinajstić information content (AvgIpc) is 3.08. The van der Waals surface area contributed by atoms with Crippen LogP contribution in [0.1, 0.15) is 46.0 Å². The number of hydrogen-bond acceptors (Lipinski definition) is 3. The van der Waals surface area contributed by atoms with E-state index in [0.29, 0.717) is 11.8 Å². The molecule has 0 aromatic rings. The molecule has 0 bridgehead atoms. The fourth-order valence-electron chi connectivity index (χ4n) is 4.82. The minimum Gasteiger partial charge on any atom is -0.474 e. The van der Waals surface area contributed by atoms with E-state index in [-0.39, 0.29) is 11.5 Å². The Labute approximate surface area is 138 Å². The van der Waals surface area contributed by atoms with Crippen molar-refractivity contribution in [3.63, 3.8) is 0 Å². The Balaban J connectivity index is 1.98. The second-order valence-electron chi connectivity index (χ2n) is 7.12. The first-order valence-corrected chi connectivity index (χ1v) is 9.77. The van der Waals surface area contributed by atoms with Gasteiger partial charge in [0.25, 0.3) is 0 Å². The van der Waals surface area contributed by atoms with E-state index in [0.717, 1.165) is 16.7 Å². The quantitative estimate of drug-likeness (QED) is 0.474. The van der Waals surface area contributed by atoms with Crippen LogP contribution < -0.4 is 0 Å². The van der Waals surface area contributed by atoms with Crippen molar-refractivity contribution < 1.29 is 4.74 Å². The zero-order valence-corrected chi connectivity index (χ0v) is 14.9. The van der Waals surface area contributed by atoms with Gasteiger partial charge >= 0.3 is 0 Å². The van der Waals surface area contributed by atoms with Gasteiger partial charge in [0.05, 0.1) is 0 Å². The lowest BCUT2D eigenvalue weighted by atomic mass is 9.65. The van der Waals surface area contributed by atoms with Crippen LogP contribution in [0.2, 0.25) is 0 Å². The zero-order chi connectivity index (χ0) is 15.0. The van der Waals surface area contributed by atoms with Crippen LogP contribution in [0.3, 0.4) is 0 Å². The van der Waals surface area contributed by atoms with Crippen molar-refractivity contribution in [3.8, 4) is 0 Å². The molecule has 0 amide bonds. The van der Waals surface area contributed by atoms with Crippen LogP contribution in [0, 0.1) is 23.2 Å². The lowest BCUT2D eigenvalue weighted by Crippen LogP contribution is -2.45. The van der Waals surface area contributed by atoms with Gasteiger partial charge in [0.1, 0.15) is 6.10 Å². The molecule has 3 heteroatoms. The zero-order valence-electron chi connectivity index (χ0n) is 13.3. The fourth-order valence-corrected chi connectivity index (χ4v) is 5.13. The van der Waals surface area contributed by atoms with Crippen LogP contribution in [0.5, 0.6) is 0 Å². The molecule has 3 aliphatic rings. The number of thiocarbonyl (C=S) groups is 1. The predicted molar refractivity (Wildman–Crippen MR) is 95.5 cm³/mol. The molecule has 21 heavy (non-hydrogen) atoms. The standard InChI is InChI=1S/C18H26OS2/c1-12-9-10-13-6-5-11-18(13,2)16(19-17(20)21-3)15-8-4-7-14(12)15/h4,7,9,13-16H,5-6,8,10-11H2,1-3H3/b12-9-/t13-,14+,15+,16+,18-/m0/s1. The lowest BCUT2D eigenvalue weighted by Gasteiger charge is -2.45. The van der Waals surface area contributed by atoms with Crippen molar-refractivity contribution in [1.82, 2.24) is 0 Å². The molecule has 0 aliphatic heterocycles. The smallest absolute Gasteiger partial charge is 0.219 e. The van der Waals surface area contributed by atoms with Gasteiger partial charge in [-0.25, -0.2) is 0 Å². The van der Waals surface area contributed by atoms with Crippen molar-refractivity contribution in [1.29, 1.82) is 0 Å². The highest BCUT2D eigenvalue weighted by molar-refractivity contribution is 8.22. The van der Waals surface area contributed by atoms with Crippen LogP contribution >= 0.6 is 24.0 Å². The van der Waals surface area contributed by atoms with Crippen LogP contribution in [0.25, 0.3) is 0 Å². The number of allylic oxidation sites excluding steroid dienone is 4. The van der Waals surface area contributed by atoms with Gasteiger partial charge in [-0.15, -0.1) is 0 Å². The molecule has 3 aliphatic carbocycles. The van der Waals surface area contributed by atoms with E-state index >= 15 is 0 Å². The summed E-state index contributed by atoms with van der Waals surface area (Å²) in [4.78, 5) is 0. The Kier molecular flexibility index (Phi) is 4.52. The minimum atomic E-state index is 0.272. The van der Waals surface area contributed by atoms with Gasteiger partial charge in [0, 0.05) is 17.3 Å². The van der Waals surface area contributed by atoms with Crippen LogP contribution in [-0.4, -0.2) is 16.7 Å². The normalized spacial score (nSPS) is 44.2. The first-order valence-electron chi connectivity index (χ1n) is 8.14. The highest BCUT2D eigenvalue weighted by Gasteiger charge is 2.51. The van der Waals surface area contributed by atoms with Gasteiger partial charge in [-0.1, -0.05) is 48.9 Å². The van der Waals surface area contributed by atoms with Crippen LogP contribution in [0.4, 0.5) is 0 Å². The Morgan fingerprint density at radius 3 is 3.00 bits per heavy atom. The molecule has 5 atom stereocenters. The second-order valence-corrected chi connectivity index (χ2v) is 8.53. The number of ether oxygens (including phenoxy) is 1. The summed E-state index contributed by atoms with van der Waals surface area (Å²) < 4.78 is 7.10. The fraction of sp³-hybridized carbons (Fsp3) is 0.722. The second kappa shape index (κ2) is 6.08. The molecule has 116 valence electrons. The Morgan fingerprint density at radius 2 is 2.24 bits per heavy atom. The molecule has 0 unspecified atom stereocenters. The van der Waals surface area contributed by atoms with Gasteiger partial charge in [0.2, 0.25) is 4.38 Å². The van der Waals surface area contributed by atoms with E-state index in [4.69, 9.17) is 17.0 Å². The van der Waals surface area contributed by atoms with E-state index in [9.17, 15) is 0 Å². The molecule has 0 heterocycles. The third-order valence-corrected chi connectivity index (χ3v) is 7.12. The van der Waals surface area contributed by atoms with Crippen molar-refractivity contribution in [3.05, 3.63) is 23.8 Å². The van der Waals surface area contributed by atoms with E-state index in [2.05, 4.69) is 32.1 Å². The highest BCUT2D eigenvalue weighted by atomic mass is 32.2. The summed E-state index contributed by atoms with van der Waals surface area (Å²) in [5.41, 5.74) is 1.82. The third-order valence-electron chi connectivity index (χ3n) is 6.09.